The average molecular weight is 972 g/mol. The molecule has 62 heavy (non-hydrogen) atoms. The van der Waals surface area contributed by atoms with Crippen molar-refractivity contribution in [3.8, 4) is 0 Å². The van der Waals surface area contributed by atoms with Crippen molar-refractivity contribution in [3.63, 3.8) is 0 Å². The number of aryl methyl sites for hydroxylation is 1. The van der Waals surface area contributed by atoms with E-state index in [2.05, 4.69) is 210 Å². The molecular weight excluding hydrogens is 907 g/mol. The van der Waals surface area contributed by atoms with Crippen LogP contribution in [0.15, 0.2) is 212 Å². The van der Waals surface area contributed by atoms with Crippen molar-refractivity contribution in [2.45, 2.75) is 59.5 Å². The van der Waals surface area contributed by atoms with Crippen LogP contribution in [0.1, 0.15) is 48.5 Å². The van der Waals surface area contributed by atoms with Crippen LogP contribution < -0.4 is 48.2 Å². The van der Waals surface area contributed by atoms with Gasteiger partial charge in [-0.15, -0.1) is 0 Å². The number of benzene rings is 7. The van der Waals surface area contributed by atoms with Crippen LogP contribution >= 0.6 is 24.4 Å². The third kappa shape index (κ3) is 20.6. The van der Waals surface area contributed by atoms with Crippen LogP contribution in [-0.2, 0) is 28.5 Å². The van der Waals surface area contributed by atoms with Gasteiger partial charge in [0.05, 0.1) is 8.60 Å². The molecule has 7 aromatic carbocycles. The van der Waals surface area contributed by atoms with Crippen LogP contribution in [0.25, 0.3) is 0 Å². The quantitative estimate of drug-likeness (QED) is 0.0995. The van der Waals surface area contributed by atoms with Crippen molar-refractivity contribution < 1.29 is 34.8 Å². The summed E-state index contributed by atoms with van der Waals surface area (Å²) in [5.41, 5.74) is 12.1. The van der Waals surface area contributed by atoms with Gasteiger partial charge in [-0.3, -0.25) is 0 Å². The summed E-state index contributed by atoms with van der Waals surface area (Å²) in [7, 11) is -2.72. The van der Waals surface area contributed by atoms with Gasteiger partial charge in [0.15, 0.2) is 0 Å². The van der Waals surface area contributed by atoms with Gasteiger partial charge in [-0.2, -0.15) is 0 Å². The molecule has 0 aliphatic carbocycles. The Bertz CT molecular complexity index is 1800. The van der Waals surface area contributed by atoms with Crippen molar-refractivity contribution in [2.24, 2.45) is 11.5 Å². The standard InChI is InChI=1S/2C18H15P.C7H8.C6H16N2.C4H10O3P.Ru.H/c2*1-4-10-16(11-5-1)19(17-12-6-2-7-13-17)18-14-8-3-9-15-18;1-7-5-3-2-4-6-7;1-5(2,7)6(3,4)8;1-3-6-8(5)7-4-2;;/h2*1-15H;2-6H,1H3;7-8H2,1-4H3;3-4H2,1-2H3;;/q;;;;-1;+2;-1. The first kappa shape index (κ1) is 54.4. The van der Waals surface area contributed by atoms with Gasteiger partial charge in [-0.1, -0.05) is 218 Å². The maximum absolute atomic E-state index is 10.3. The molecule has 0 saturated heterocycles. The molecule has 0 bridgehead atoms. The van der Waals surface area contributed by atoms with Crippen LogP contribution in [0.2, 0.25) is 0 Å². The van der Waals surface area contributed by atoms with E-state index in [1.54, 1.807) is 13.8 Å². The van der Waals surface area contributed by atoms with Gasteiger partial charge in [-0.05, 0) is 96.1 Å². The fourth-order valence-electron chi connectivity index (χ4n) is 5.14. The molecule has 0 amide bonds. The van der Waals surface area contributed by atoms with Gasteiger partial charge in [0, 0.05) is 24.3 Å². The van der Waals surface area contributed by atoms with Crippen LogP contribution in [0.5, 0.6) is 0 Å². The summed E-state index contributed by atoms with van der Waals surface area (Å²) < 4.78 is 9.14. The Morgan fingerprint density at radius 3 is 0.710 bits per heavy atom. The van der Waals surface area contributed by atoms with E-state index in [0.717, 1.165) is 0 Å². The largest absolute Gasteiger partial charge is 2.00 e. The van der Waals surface area contributed by atoms with E-state index in [1.165, 1.54) is 37.4 Å². The summed E-state index contributed by atoms with van der Waals surface area (Å²) in [4.78, 5) is 10.3. The van der Waals surface area contributed by atoms with Crippen molar-refractivity contribution >= 4 is 56.3 Å². The average Bonchev–Trinajstić information content (AvgIpc) is 3.27. The van der Waals surface area contributed by atoms with E-state index in [1.807, 2.05) is 45.9 Å². The SMILES string of the molecule is CC(C)(N)C(C)(C)N.CCOP([O-])OCC.Cc1ccccc1.[H-].[Ru+2].c1ccc(P(c2ccccc2)c2ccccc2)cc1.c1ccc(P(c2ccccc2)c2ccccc2)cc1. The summed E-state index contributed by atoms with van der Waals surface area (Å²) in [6, 6.07) is 74.9. The number of rotatable bonds is 11. The van der Waals surface area contributed by atoms with Crippen molar-refractivity contribution in [1.82, 2.24) is 0 Å². The van der Waals surface area contributed by atoms with Crippen molar-refractivity contribution in [2.75, 3.05) is 13.2 Å². The number of nitrogens with two attached hydrogens (primary N) is 2. The summed E-state index contributed by atoms with van der Waals surface area (Å²) in [6.45, 7) is 14.2. The Morgan fingerprint density at radius 2 is 0.581 bits per heavy atom. The van der Waals surface area contributed by atoms with E-state index in [-0.39, 0.29) is 32.0 Å². The monoisotopic (exact) mass is 972 g/mol. The third-order valence-electron chi connectivity index (χ3n) is 9.16. The van der Waals surface area contributed by atoms with E-state index in [9.17, 15) is 4.89 Å². The topological polar surface area (TPSA) is 93.6 Å². The fourth-order valence-corrected chi connectivity index (χ4v) is 10.2. The molecule has 5 nitrogen and oxygen atoms in total. The second-order valence-corrected chi connectivity index (χ2v) is 20.2. The second-order valence-electron chi connectivity index (χ2n) is 14.8. The predicted molar refractivity (Wildman–Crippen MR) is 269 cm³/mol. The molecule has 0 atom stereocenters. The van der Waals surface area contributed by atoms with Gasteiger partial charge in [0.25, 0.3) is 0 Å². The summed E-state index contributed by atoms with van der Waals surface area (Å²) in [5, 5.41) is 8.39. The molecule has 7 rings (SSSR count). The van der Waals surface area contributed by atoms with Crippen molar-refractivity contribution in [3.05, 3.63) is 218 Å². The normalized spacial score (nSPS) is 10.7. The zero-order chi connectivity index (χ0) is 44.4. The molecular formula is C53H65N2O3P3Ru. The van der Waals surface area contributed by atoms with E-state index >= 15 is 0 Å². The fraction of sp³-hybridized carbons (Fsp3) is 0.208. The maximum atomic E-state index is 10.3. The summed E-state index contributed by atoms with van der Waals surface area (Å²) in [5.74, 6) is 0. The minimum atomic E-state index is -1.83. The Kier molecular flexibility index (Phi) is 26.6. The molecule has 0 saturated carbocycles. The first-order valence-corrected chi connectivity index (χ1v) is 24.4. The van der Waals surface area contributed by atoms with Gasteiger partial charge < -0.3 is 26.8 Å². The van der Waals surface area contributed by atoms with Gasteiger partial charge in [0.1, 0.15) is 0 Å². The Labute approximate surface area is 391 Å². The molecule has 7 aromatic rings. The number of hydrogen-bond donors (Lipinski definition) is 2. The van der Waals surface area contributed by atoms with Crippen LogP contribution in [0.4, 0.5) is 0 Å². The van der Waals surface area contributed by atoms with Gasteiger partial charge in [0.2, 0.25) is 0 Å². The van der Waals surface area contributed by atoms with E-state index in [4.69, 9.17) is 11.5 Å². The smallest absolute Gasteiger partial charge is 1.00 e. The van der Waals surface area contributed by atoms with Gasteiger partial charge >= 0.3 is 19.5 Å². The zero-order valence-corrected chi connectivity index (χ0v) is 41.6. The molecule has 0 fully saturated rings. The third-order valence-corrected chi connectivity index (χ3v) is 15.0. The molecule has 0 unspecified atom stereocenters. The second kappa shape index (κ2) is 30.4. The molecule has 9 heteroatoms. The summed E-state index contributed by atoms with van der Waals surface area (Å²) >= 11 is 0. The molecule has 0 radical (unpaired) electrons. The molecule has 4 N–H and O–H groups in total. The molecule has 0 aliphatic heterocycles. The Hall–Kier alpha value is -3.75. The summed E-state index contributed by atoms with van der Waals surface area (Å²) in [6.07, 6.45) is 0. The predicted octanol–water partition coefficient (Wildman–Crippen LogP) is 10.1. The minimum absolute atomic E-state index is 0. The first-order valence-electron chi connectivity index (χ1n) is 20.6. The van der Waals surface area contributed by atoms with Gasteiger partial charge in [-0.25, -0.2) is 0 Å². The Balaban J connectivity index is 0.000000420. The minimum Gasteiger partial charge on any atom is -1.00 e. The molecule has 0 spiro atoms. The zero-order valence-electron chi connectivity index (χ0n) is 38.2. The Morgan fingerprint density at radius 1 is 0.403 bits per heavy atom. The van der Waals surface area contributed by atoms with Crippen LogP contribution in [0, 0.1) is 6.92 Å². The molecule has 328 valence electrons. The molecule has 0 heterocycles. The van der Waals surface area contributed by atoms with Crippen LogP contribution in [-0.4, -0.2) is 24.3 Å². The molecule has 0 aromatic heterocycles. The number of hydrogen-bond acceptors (Lipinski definition) is 5. The van der Waals surface area contributed by atoms with E-state index < -0.39 is 24.4 Å². The van der Waals surface area contributed by atoms with Crippen molar-refractivity contribution in [1.29, 1.82) is 0 Å². The van der Waals surface area contributed by atoms with E-state index in [0.29, 0.717) is 13.2 Å². The maximum Gasteiger partial charge on any atom is 2.00 e. The van der Waals surface area contributed by atoms with Crippen LogP contribution in [0.3, 0.4) is 0 Å². The molecule has 0 aliphatic rings. The first-order chi connectivity index (χ1) is 29.4.